The van der Waals surface area contributed by atoms with E-state index in [0.717, 1.165) is 54.6 Å². The molecular weight excluding hydrogens is 595 g/mol. The van der Waals surface area contributed by atoms with E-state index in [1.165, 1.54) is 23.9 Å². The number of para-hydroxylation sites is 1. The van der Waals surface area contributed by atoms with Gasteiger partial charge in [-0.25, -0.2) is 19.2 Å². The number of carboxylic acid groups (broad SMARTS) is 4. The predicted molar refractivity (Wildman–Crippen MR) is 152 cm³/mol. The second-order valence-electron chi connectivity index (χ2n) is 8.87. The highest BCUT2D eigenvalue weighted by Crippen LogP contribution is 2.49. The largest absolute Gasteiger partial charge is 0.478 e. The lowest BCUT2D eigenvalue weighted by molar-refractivity contribution is -0.137. The van der Waals surface area contributed by atoms with E-state index < -0.39 is 35.6 Å². The third-order valence-corrected chi connectivity index (χ3v) is 6.89. The second kappa shape index (κ2) is 16.9. The maximum Gasteiger partial charge on any atom is 0.416 e. The normalized spacial score (nSPS) is 14.5. The van der Waals surface area contributed by atoms with Crippen LogP contribution in [0.3, 0.4) is 0 Å². The van der Waals surface area contributed by atoms with Gasteiger partial charge in [-0.15, -0.1) is 0 Å². The molecule has 2 aromatic carbocycles. The summed E-state index contributed by atoms with van der Waals surface area (Å²) in [6, 6.07) is 12.0. The average Bonchev–Trinajstić information content (AvgIpc) is 2.95. The van der Waals surface area contributed by atoms with Crippen molar-refractivity contribution >= 4 is 47.0 Å². The number of rotatable bonds is 8. The zero-order chi connectivity index (χ0) is 32.0. The van der Waals surface area contributed by atoms with Crippen molar-refractivity contribution in [3.8, 4) is 0 Å². The van der Waals surface area contributed by atoms with Crippen LogP contribution in [0, 0.1) is 0 Å². The smallest absolute Gasteiger partial charge is 0.416 e. The maximum absolute atomic E-state index is 13.2. The molecule has 15 heteroatoms. The Bertz CT molecular complexity index is 1280. The fraction of sp³-hybridized carbons (Fsp3) is 0.286. The van der Waals surface area contributed by atoms with Crippen molar-refractivity contribution in [2.75, 3.05) is 44.2 Å². The molecule has 0 radical (unpaired) electrons. The molecule has 0 amide bonds. The molecule has 2 aromatic rings. The Morgan fingerprint density at radius 3 is 1.79 bits per heavy atom. The summed E-state index contributed by atoms with van der Waals surface area (Å²) in [6.45, 7) is 5.72. The van der Waals surface area contributed by atoms with Crippen molar-refractivity contribution in [2.24, 2.45) is 0 Å². The topological polar surface area (TPSA) is 168 Å². The van der Waals surface area contributed by atoms with Crippen LogP contribution in [0.25, 0.3) is 0 Å². The molecule has 232 valence electrons. The first kappa shape index (κ1) is 34.9. The molecule has 11 nitrogen and oxygen atoms in total. The number of anilines is 2. The summed E-state index contributed by atoms with van der Waals surface area (Å²) in [7, 11) is 0. The molecule has 2 aliphatic rings. The maximum atomic E-state index is 13.2. The summed E-state index contributed by atoms with van der Waals surface area (Å²) < 4.78 is 39.7. The van der Waals surface area contributed by atoms with E-state index in [2.05, 4.69) is 15.1 Å². The van der Waals surface area contributed by atoms with Crippen molar-refractivity contribution in [1.82, 2.24) is 10.2 Å². The Morgan fingerprint density at radius 1 is 0.767 bits per heavy atom. The molecule has 1 fully saturated rings. The summed E-state index contributed by atoms with van der Waals surface area (Å²) in [5, 5.41) is 34.6. The number of benzene rings is 2. The van der Waals surface area contributed by atoms with Gasteiger partial charge in [0.2, 0.25) is 0 Å². The Labute approximate surface area is 248 Å². The van der Waals surface area contributed by atoms with Gasteiger partial charge in [-0.2, -0.15) is 13.2 Å². The summed E-state index contributed by atoms with van der Waals surface area (Å²) in [5.41, 5.74) is 1.07. The number of alkyl halides is 3. The molecule has 43 heavy (non-hydrogen) atoms. The van der Waals surface area contributed by atoms with Crippen LogP contribution < -0.4 is 10.2 Å². The van der Waals surface area contributed by atoms with Crippen LogP contribution >= 0.6 is 11.8 Å². The first-order chi connectivity index (χ1) is 20.3. The van der Waals surface area contributed by atoms with Gasteiger partial charge in [0.05, 0.1) is 16.9 Å². The molecular formula is C28H30F3N3O8S. The molecule has 0 bridgehead atoms. The third kappa shape index (κ3) is 12.6. The van der Waals surface area contributed by atoms with Gasteiger partial charge in [-0.1, -0.05) is 23.9 Å². The number of carbonyl (C=O) groups is 4. The Hall–Kier alpha value is -4.34. The molecule has 0 saturated carbocycles. The average molecular weight is 626 g/mol. The van der Waals surface area contributed by atoms with Crippen molar-refractivity contribution < 1.29 is 52.8 Å². The minimum atomic E-state index is -4.33. The third-order valence-electron chi connectivity index (χ3n) is 5.76. The zero-order valence-electron chi connectivity index (χ0n) is 22.7. The molecule has 0 atom stereocenters. The van der Waals surface area contributed by atoms with Gasteiger partial charge in [0.15, 0.2) is 0 Å². The monoisotopic (exact) mass is 625 g/mol. The van der Waals surface area contributed by atoms with E-state index in [0.29, 0.717) is 36.5 Å². The van der Waals surface area contributed by atoms with Gasteiger partial charge in [-0.3, -0.25) is 0 Å². The Balaban J connectivity index is 0.000000334. The molecule has 0 aliphatic carbocycles. The first-order valence-electron chi connectivity index (χ1n) is 12.7. The number of carboxylic acids is 4. The fourth-order valence-electron chi connectivity index (χ4n) is 3.92. The van der Waals surface area contributed by atoms with E-state index in [9.17, 15) is 32.3 Å². The van der Waals surface area contributed by atoms with E-state index in [1.54, 1.807) is 6.07 Å². The number of hydrogen-bond donors (Lipinski definition) is 5. The zero-order valence-corrected chi connectivity index (χ0v) is 23.5. The van der Waals surface area contributed by atoms with E-state index in [1.807, 2.05) is 24.3 Å². The SMILES string of the molecule is FC(F)(F)c1ccc2c(c1)N(CCCN1CCNCC1)c1ccccc1S2.O=C(O)/C=C\C(=O)O.O=C(O)/C=C\C(=O)O. The van der Waals surface area contributed by atoms with Crippen LogP contribution in [-0.4, -0.2) is 88.5 Å². The Kier molecular flexibility index (Phi) is 13.7. The fourth-order valence-corrected chi connectivity index (χ4v) is 4.99. The standard InChI is InChI=1S/C20H22F3N3S.2C4H4O4/c21-20(22,23)15-6-7-19-17(14-15)26(16-4-1-2-5-18(16)27-19)11-3-10-25-12-8-24-9-13-25;2*5-3(6)1-2-4(7)8/h1-2,4-7,14,24H,3,8-13H2;2*1-2H,(H,5,6)(H,7,8)/b;2*2-1-. The molecule has 5 N–H and O–H groups in total. The minimum Gasteiger partial charge on any atom is -0.478 e. The molecule has 0 aromatic heterocycles. The van der Waals surface area contributed by atoms with E-state index in [4.69, 9.17) is 20.4 Å². The van der Waals surface area contributed by atoms with Crippen LogP contribution in [0.5, 0.6) is 0 Å². The summed E-state index contributed by atoms with van der Waals surface area (Å²) in [4.78, 5) is 44.6. The van der Waals surface area contributed by atoms with Crippen molar-refractivity contribution in [2.45, 2.75) is 22.4 Å². The van der Waals surface area contributed by atoms with Crippen molar-refractivity contribution in [3.05, 3.63) is 72.3 Å². The van der Waals surface area contributed by atoms with Crippen molar-refractivity contribution in [3.63, 3.8) is 0 Å². The highest BCUT2D eigenvalue weighted by atomic mass is 32.2. The molecule has 0 spiro atoms. The lowest BCUT2D eigenvalue weighted by Crippen LogP contribution is -2.44. The number of piperazine rings is 1. The number of fused-ring (bicyclic) bond motifs is 2. The lowest BCUT2D eigenvalue weighted by atomic mass is 10.1. The highest BCUT2D eigenvalue weighted by molar-refractivity contribution is 7.99. The summed E-state index contributed by atoms with van der Waals surface area (Å²) in [5.74, 6) is -5.03. The highest BCUT2D eigenvalue weighted by Gasteiger charge is 2.33. The van der Waals surface area contributed by atoms with E-state index >= 15 is 0 Å². The Morgan fingerprint density at radius 2 is 1.28 bits per heavy atom. The van der Waals surface area contributed by atoms with Gasteiger partial charge >= 0.3 is 30.1 Å². The molecule has 2 heterocycles. The van der Waals surface area contributed by atoms with Gasteiger partial charge < -0.3 is 35.5 Å². The predicted octanol–water partition coefficient (Wildman–Crippen LogP) is 4.03. The number of halogens is 3. The van der Waals surface area contributed by atoms with Crippen LogP contribution in [0.15, 0.2) is 76.6 Å². The molecule has 1 saturated heterocycles. The van der Waals surface area contributed by atoms with Crippen molar-refractivity contribution in [1.29, 1.82) is 0 Å². The number of hydrogen-bond acceptors (Lipinski definition) is 8. The van der Waals surface area contributed by atoms with Gasteiger partial charge in [0.25, 0.3) is 0 Å². The minimum absolute atomic E-state index is 0.558. The van der Waals surface area contributed by atoms with Gasteiger partial charge in [0.1, 0.15) is 0 Å². The summed E-state index contributed by atoms with van der Waals surface area (Å²) >= 11 is 1.54. The number of nitrogens with zero attached hydrogens (tertiary/aromatic N) is 2. The summed E-state index contributed by atoms with van der Waals surface area (Å²) in [6.07, 6.45) is -1.19. The van der Waals surface area contributed by atoms with Gasteiger partial charge in [-0.05, 0) is 43.3 Å². The second-order valence-corrected chi connectivity index (χ2v) is 9.95. The van der Waals surface area contributed by atoms with Crippen LogP contribution in [0.2, 0.25) is 0 Å². The first-order valence-corrected chi connectivity index (χ1v) is 13.6. The lowest BCUT2D eigenvalue weighted by Gasteiger charge is -2.34. The molecule has 4 rings (SSSR count). The molecule has 2 aliphatic heterocycles. The van der Waals surface area contributed by atoms with E-state index in [-0.39, 0.29) is 0 Å². The van der Waals surface area contributed by atoms with Crippen LogP contribution in [-0.2, 0) is 25.4 Å². The van der Waals surface area contributed by atoms with Crippen LogP contribution in [0.4, 0.5) is 24.5 Å². The quantitative estimate of drug-likeness (QED) is 0.268. The molecule has 0 unspecified atom stereocenters. The van der Waals surface area contributed by atoms with Gasteiger partial charge in [0, 0.05) is 66.8 Å². The van der Waals surface area contributed by atoms with Crippen LogP contribution in [0.1, 0.15) is 12.0 Å². The number of nitrogens with one attached hydrogen (secondary N) is 1. The number of aliphatic carboxylic acids is 4.